The van der Waals surface area contributed by atoms with E-state index in [1.807, 2.05) is 6.07 Å². The summed E-state index contributed by atoms with van der Waals surface area (Å²) in [6, 6.07) is 13.9. The first kappa shape index (κ1) is 17.4. The van der Waals surface area contributed by atoms with E-state index in [-0.39, 0.29) is 23.2 Å². The fourth-order valence-electron chi connectivity index (χ4n) is 3.44. The van der Waals surface area contributed by atoms with Crippen molar-refractivity contribution in [2.75, 3.05) is 13.1 Å². The highest BCUT2D eigenvalue weighted by Crippen LogP contribution is 2.30. The summed E-state index contributed by atoms with van der Waals surface area (Å²) in [5, 5.41) is 4.14. The van der Waals surface area contributed by atoms with E-state index in [1.54, 1.807) is 29.2 Å². The molecule has 2 aromatic carbocycles. The molecule has 4 rings (SSSR count). The van der Waals surface area contributed by atoms with Gasteiger partial charge in [-0.2, -0.15) is 0 Å². The minimum atomic E-state index is -0.510. The lowest BCUT2D eigenvalue weighted by Gasteiger charge is -2.31. The van der Waals surface area contributed by atoms with Gasteiger partial charge in [-0.1, -0.05) is 17.3 Å². The number of hydrogen-bond acceptors (Lipinski definition) is 3. The first-order valence-electron chi connectivity index (χ1n) is 8.88. The lowest BCUT2D eigenvalue weighted by molar-refractivity contribution is 0.0700. The Balaban J connectivity index is 1.51. The summed E-state index contributed by atoms with van der Waals surface area (Å²) < 4.78 is 32.4. The van der Waals surface area contributed by atoms with Gasteiger partial charge in [0.05, 0.1) is 11.3 Å². The van der Waals surface area contributed by atoms with Crippen LogP contribution >= 0.6 is 0 Å². The molecule has 1 atom stereocenters. The number of carbonyl (C=O) groups excluding carboxylic acids is 1. The Kier molecular flexibility index (Phi) is 4.71. The normalized spacial score (nSPS) is 17.1. The molecule has 2 heterocycles. The van der Waals surface area contributed by atoms with Crippen LogP contribution in [0.15, 0.2) is 59.1 Å². The summed E-state index contributed by atoms with van der Waals surface area (Å²) in [7, 11) is 0. The number of benzene rings is 2. The number of halogens is 2. The second kappa shape index (κ2) is 7.31. The van der Waals surface area contributed by atoms with E-state index in [1.165, 1.54) is 24.3 Å². The van der Waals surface area contributed by atoms with Gasteiger partial charge in [-0.05, 0) is 49.2 Å². The molecule has 0 bridgehead atoms. The molecule has 0 spiro atoms. The van der Waals surface area contributed by atoms with Crippen molar-refractivity contribution in [2.45, 2.75) is 18.8 Å². The second-order valence-corrected chi connectivity index (χ2v) is 6.69. The molecule has 1 aliphatic heterocycles. The van der Waals surface area contributed by atoms with Crippen molar-refractivity contribution >= 4 is 5.91 Å². The second-order valence-electron chi connectivity index (χ2n) is 6.69. The zero-order chi connectivity index (χ0) is 18.8. The highest BCUT2D eigenvalue weighted by atomic mass is 19.1. The van der Waals surface area contributed by atoms with E-state index in [9.17, 15) is 13.6 Å². The van der Waals surface area contributed by atoms with Gasteiger partial charge in [0.25, 0.3) is 5.91 Å². The number of aromatic nitrogens is 1. The van der Waals surface area contributed by atoms with Gasteiger partial charge in [-0.3, -0.25) is 4.79 Å². The van der Waals surface area contributed by atoms with Crippen LogP contribution in [0.1, 0.15) is 34.8 Å². The van der Waals surface area contributed by atoms with E-state index in [2.05, 4.69) is 5.16 Å². The molecule has 3 aromatic rings. The first-order chi connectivity index (χ1) is 13.1. The molecule has 6 heteroatoms. The zero-order valence-corrected chi connectivity index (χ0v) is 14.6. The van der Waals surface area contributed by atoms with E-state index in [0.717, 1.165) is 24.1 Å². The molecule has 1 amide bonds. The maximum atomic E-state index is 13.9. The largest absolute Gasteiger partial charge is 0.356 e. The Labute approximate surface area is 155 Å². The standard InChI is InChI=1S/C21H18F2N2O2/c22-16-9-7-14(8-10-16)20-12-19(24-27-20)15-4-3-11-25(13-15)21(26)17-5-1-2-6-18(17)23/h1-2,5-10,12,15H,3-4,11,13H2. The van der Waals surface area contributed by atoms with Crippen molar-refractivity contribution in [1.29, 1.82) is 0 Å². The van der Waals surface area contributed by atoms with Crippen LogP contribution in [-0.2, 0) is 0 Å². The molecule has 0 N–H and O–H groups in total. The predicted molar refractivity (Wildman–Crippen MR) is 96.2 cm³/mol. The maximum Gasteiger partial charge on any atom is 0.256 e. The van der Waals surface area contributed by atoms with Crippen LogP contribution in [0.2, 0.25) is 0 Å². The van der Waals surface area contributed by atoms with Crippen LogP contribution in [0.5, 0.6) is 0 Å². The van der Waals surface area contributed by atoms with Crippen molar-refractivity contribution in [3.63, 3.8) is 0 Å². The highest BCUT2D eigenvalue weighted by Gasteiger charge is 2.28. The summed E-state index contributed by atoms with van der Waals surface area (Å²) in [5.41, 5.74) is 1.58. The van der Waals surface area contributed by atoms with Crippen LogP contribution in [0.3, 0.4) is 0 Å². The Morgan fingerprint density at radius 1 is 1.11 bits per heavy atom. The molecular formula is C21H18F2N2O2. The van der Waals surface area contributed by atoms with Gasteiger partial charge in [0, 0.05) is 30.6 Å². The van der Waals surface area contributed by atoms with E-state index < -0.39 is 5.82 Å². The number of nitrogens with zero attached hydrogens (tertiary/aromatic N) is 2. The number of piperidine rings is 1. The Morgan fingerprint density at radius 2 is 1.89 bits per heavy atom. The van der Waals surface area contributed by atoms with Gasteiger partial charge >= 0.3 is 0 Å². The summed E-state index contributed by atoms with van der Waals surface area (Å²) in [6.45, 7) is 1.05. The van der Waals surface area contributed by atoms with E-state index in [0.29, 0.717) is 18.8 Å². The Hall–Kier alpha value is -3.02. The van der Waals surface area contributed by atoms with Crippen LogP contribution in [-0.4, -0.2) is 29.1 Å². The van der Waals surface area contributed by atoms with Gasteiger partial charge in [0.2, 0.25) is 0 Å². The van der Waals surface area contributed by atoms with Gasteiger partial charge in [-0.15, -0.1) is 0 Å². The van der Waals surface area contributed by atoms with Gasteiger partial charge in [0.1, 0.15) is 11.6 Å². The summed E-state index contributed by atoms with van der Waals surface area (Å²) in [6.07, 6.45) is 1.68. The molecule has 4 nitrogen and oxygen atoms in total. The van der Waals surface area contributed by atoms with Crippen molar-refractivity contribution < 1.29 is 18.1 Å². The average molecular weight is 368 g/mol. The SMILES string of the molecule is O=C(c1ccccc1F)N1CCCC(c2cc(-c3ccc(F)cc3)on2)C1. The number of likely N-dealkylation sites (tertiary alicyclic amines) is 1. The quantitative estimate of drug-likeness (QED) is 0.677. The van der Waals surface area contributed by atoms with Crippen molar-refractivity contribution in [3.8, 4) is 11.3 Å². The monoisotopic (exact) mass is 368 g/mol. The third-order valence-corrected chi connectivity index (χ3v) is 4.89. The topological polar surface area (TPSA) is 46.3 Å². The molecule has 0 saturated carbocycles. The van der Waals surface area contributed by atoms with E-state index in [4.69, 9.17) is 4.52 Å². The lowest BCUT2D eigenvalue weighted by Crippen LogP contribution is -2.39. The predicted octanol–water partition coefficient (Wildman–Crippen LogP) is 4.64. The third kappa shape index (κ3) is 3.60. The number of hydrogen-bond donors (Lipinski definition) is 0. The summed E-state index contributed by atoms with van der Waals surface area (Å²) in [5.74, 6) is -0.548. The molecule has 1 aromatic heterocycles. The van der Waals surface area contributed by atoms with Gasteiger partial charge in [0.15, 0.2) is 5.76 Å². The van der Waals surface area contributed by atoms with Gasteiger partial charge < -0.3 is 9.42 Å². The van der Waals surface area contributed by atoms with Crippen molar-refractivity contribution in [2.24, 2.45) is 0 Å². The van der Waals surface area contributed by atoms with Crippen LogP contribution in [0.4, 0.5) is 8.78 Å². The molecular weight excluding hydrogens is 350 g/mol. The molecule has 0 aliphatic carbocycles. The minimum absolute atomic E-state index is 0.0208. The lowest BCUT2D eigenvalue weighted by atomic mass is 9.94. The van der Waals surface area contributed by atoms with Crippen molar-refractivity contribution in [1.82, 2.24) is 10.1 Å². The summed E-state index contributed by atoms with van der Waals surface area (Å²) >= 11 is 0. The molecule has 1 saturated heterocycles. The highest BCUT2D eigenvalue weighted by molar-refractivity contribution is 5.94. The first-order valence-corrected chi connectivity index (χ1v) is 8.88. The molecule has 1 fully saturated rings. The molecule has 1 aliphatic rings. The number of rotatable bonds is 3. The van der Waals surface area contributed by atoms with Crippen LogP contribution in [0.25, 0.3) is 11.3 Å². The van der Waals surface area contributed by atoms with Crippen molar-refractivity contribution in [3.05, 3.63) is 77.5 Å². The minimum Gasteiger partial charge on any atom is -0.356 e. The Bertz CT molecular complexity index is 953. The van der Waals surface area contributed by atoms with E-state index >= 15 is 0 Å². The molecule has 27 heavy (non-hydrogen) atoms. The molecule has 0 radical (unpaired) electrons. The average Bonchev–Trinajstić information content (AvgIpc) is 3.19. The molecule has 138 valence electrons. The fraction of sp³-hybridized carbons (Fsp3) is 0.238. The zero-order valence-electron chi connectivity index (χ0n) is 14.6. The summed E-state index contributed by atoms with van der Waals surface area (Å²) in [4.78, 5) is 14.3. The number of amides is 1. The fourth-order valence-corrected chi connectivity index (χ4v) is 3.44. The third-order valence-electron chi connectivity index (χ3n) is 4.89. The van der Waals surface area contributed by atoms with Crippen LogP contribution in [0, 0.1) is 11.6 Å². The maximum absolute atomic E-state index is 13.9. The van der Waals surface area contributed by atoms with Crippen LogP contribution < -0.4 is 0 Å². The Morgan fingerprint density at radius 3 is 2.67 bits per heavy atom. The number of carbonyl (C=O) groups is 1. The van der Waals surface area contributed by atoms with Gasteiger partial charge in [-0.25, -0.2) is 8.78 Å². The molecule has 1 unspecified atom stereocenters. The smallest absolute Gasteiger partial charge is 0.256 e.